The second-order valence-corrected chi connectivity index (χ2v) is 14.3. The largest absolute Gasteiger partial charge is 0.480 e. The second-order valence-electron chi connectivity index (χ2n) is 14.3. The Morgan fingerprint density at radius 3 is 1.80 bits per heavy atom. The average Bonchev–Trinajstić information content (AvgIpc) is 3.36. The zero-order valence-electron chi connectivity index (χ0n) is 31.9. The van der Waals surface area contributed by atoms with Gasteiger partial charge in [0.15, 0.2) is 0 Å². The molecule has 16 nitrogen and oxygen atoms in total. The average molecular weight is 766 g/mol. The molecule has 0 bridgehead atoms. The summed E-state index contributed by atoms with van der Waals surface area (Å²) in [5.74, 6) is -4.75. The van der Waals surface area contributed by atoms with Gasteiger partial charge in [0.1, 0.15) is 11.8 Å². The second kappa shape index (κ2) is 26.2. The number of aliphatic hydroxyl groups is 1. The Kier molecular flexibility index (Phi) is 22.5. The molecule has 0 spiro atoms. The number of aliphatic hydroxyl groups excluding tert-OH is 1. The van der Waals surface area contributed by atoms with Crippen LogP contribution in [0.2, 0.25) is 0 Å². The monoisotopic (exact) mass is 765 g/mol. The summed E-state index contributed by atoms with van der Waals surface area (Å²) in [4.78, 5) is 78.6. The van der Waals surface area contributed by atoms with Crippen LogP contribution in [0.5, 0.6) is 0 Å². The zero-order chi connectivity index (χ0) is 39.9. The lowest BCUT2D eigenvalue weighted by Crippen LogP contribution is -2.51. The van der Waals surface area contributed by atoms with E-state index in [-0.39, 0.29) is 121 Å². The van der Waals surface area contributed by atoms with Crippen molar-refractivity contribution in [3.05, 3.63) is 24.3 Å². The predicted molar refractivity (Wildman–Crippen MR) is 201 cm³/mol. The van der Waals surface area contributed by atoms with Crippen molar-refractivity contribution in [2.45, 2.75) is 89.7 Å². The molecule has 54 heavy (non-hydrogen) atoms. The predicted octanol–water partition coefficient (Wildman–Crippen LogP) is 1.63. The molecule has 6 N–H and O–H groups in total. The fourth-order valence-corrected chi connectivity index (χ4v) is 7.02. The van der Waals surface area contributed by atoms with Gasteiger partial charge in [-0.3, -0.25) is 48.4 Å². The van der Waals surface area contributed by atoms with Crippen molar-refractivity contribution < 1.29 is 54.3 Å². The smallest absolute Gasteiger partial charge is 0.320 e. The molecule has 1 saturated heterocycles. The summed E-state index contributed by atoms with van der Waals surface area (Å²) in [7, 11) is 0. The van der Waals surface area contributed by atoms with Crippen LogP contribution in [0, 0.1) is 11.8 Å². The number of carbonyl (C=O) groups excluding carboxylic acids is 2. The van der Waals surface area contributed by atoms with E-state index in [1.54, 1.807) is 19.6 Å². The number of hydrogen-bond donors (Lipinski definition) is 6. The van der Waals surface area contributed by atoms with Gasteiger partial charge in [0.2, 0.25) is 5.91 Å². The van der Waals surface area contributed by atoms with Gasteiger partial charge in [0, 0.05) is 83.6 Å². The number of carbonyl (C=O) groups is 6. The van der Waals surface area contributed by atoms with E-state index in [2.05, 4.69) is 18.3 Å². The van der Waals surface area contributed by atoms with Crippen molar-refractivity contribution in [2.75, 3.05) is 78.5 Å². The maximum Gasteiger partial charge on any atom is 0.320 e. The Balaban J connectivity index is 1.87. The highest BCUT2D eigenvalue weighted by molar-refractivity contribution is 5.84. The molecule has 2 rings (SSSR count). The van der Waals surface area contributed by atoms with E-state index < -0.39 is 36.0 Å². The Hall–Kier alpha value is -3.70. The van der Waals surface area contributed by atoms with Crippen LogP contribution in [0.3, 0.4) is 0 Å². The first-order chi connectivity index (χ1) is 25.8. The van der Waals surface area contributed by atoms with Gasteiger partial charge in [-0.05, 0) is 44.9 Å². The molecular formula is C38H63N5O11. The topological polar surface area (TPSA) is 229 Å². The fourth-order valence-electron chi connectivity index (χ4n) is 7.02. The molecule has 0 aromatic rings. The van der Waals surface area contributed by atoms with Crippen LogP contribution in [0.15, 0.2) is 24.3 Å². The van der Waals surface area contributed by atoms with Crippen molar-refractivity contribution in [3.8, 4) is 0 Å². The third kappa shape index (κ3) is 19.1. The number of carboxylic acid groups (broad SMARTS) is 4. The van der Waals surface area contributed by atoms with Gasteiger partial charge < -0.3 is 30.8 Å². The summed E-state index contributed by atoms with van der Waals surface area (Å²) in [6.45, 7) is 3.25. The van der Waals surface area contributed by atoms with Crippen LogP contribution in [0.25, 0.3) is 0 Å². The molecule has 2 fully saturated rings. The third-order valence-electron chi connectivity index (χ3n) is 10.0. The number of rotatable bonds is 23. The van der Waals surface area contributed by atoms with Gasteiger partial charge >= 0.3 is 23.9 Å². The lowest BCUT2D eigenvalue weighted by molar-refractivity contribution is -0.145. The van der Waals surface area contributed by atoms with Gasteiger partial charge in [0.25, 0.3) is 0 Å². The van der Waals surface area contributed by atoms with Crippen molar-refractivity contribution >= 4 is 35.6 Å². The van der Waals surface area contributed by atoms with E-state index in [1.165, 1.54) is 0 Å². The molecule has 0 aromatic heterocycles. The minimum Gasteiger partial charge on any atom is -0.480 e. The first kappa shape index (κ1) is 46.5. The van der Waals surface area contributed by atoms with Gasteiger partial charge in [-0.1, -0.05) is 44.1 Å². The Morgan fingerprint density at radius 2 is 1.28 bits per heavy atom. The summed E-state index contributed by atoms with van der Waals surface area (Å²) < 4.78 is 0. The van der Waals surface area contributed by atoms with E-state index in [1.807, 2.05) is 18.2 Å². The summed E-state index contributed by atoms with van der Waals surface area (Å²) in [5, 5.41) is 51.7. The Morgan fingerprint density at radius 1 is 0.741 bits per heavy atom. The maximum absolute atomic E-state index is 12.5. The highest BCUT2D eigenvalue weighted by atomic mass is 16.4. The molecule has 2 aliphatic rings. The van der Waals surface area contributed by atoms with Crippen molar-refractivity contribution in [3.63, 3.8) is 0 Å². The Labute approximate surface area is 318 Å². The molecule has 1 aliphatic carbocycles. The number of aliphatic carboxylic acids is 4. The van der Waals surface area contributed by atoms with E-state index >= 15 is 0 Å². The minimum atomic E-state index is -1.08. The standard InChI is InChI=1S/C38H63N5O11/c1-2-3-4-5-8-12-29-30(33(45)25-32(29)44)13-9-6-7-10-15-34(46)39-16-11-14-31(38(53)54)43-23-21-41(27-36(49)50)19-17-40(26-35(47)48)18-20-42(22-24-43)28-37(51)52/h6,8-9,12,29-32,44H,2-5,7,10-11,13-28H2,1H3,(H,39,46)(H,47,48)(H,49,50)(H,51,52)(H,53,54)/t29-,30+,31?,32+/m0/s1. The molecule has 1 amide bonds. The van der Waals surface area contributed by atoms with Crippen molar-refractivity contribution in [1.82, 2.24) is 24.9 Å². The number of amides is 1. The summed E-state index contributed by atoms with van der Waals surface area (Å²) in [6.07, 6.45) is 14.5. The molecule has 1 saturated carbocycles. The lowest BCUT2D eigenvalue weighted by atomic mass is 9.90. The van der Waals surface area contributed by atoms with Crippen LogP contribution < -0.4 is 5.32 Å². The molecule has 1 unspecified atom stereocenters. The lowest BCUT2D eigenvalue weighted by Gasteiger charge is -2.35. The molecule has 0 radical (unpaired) electrons. The van der Waals surface area contributed by atoms with Gasteiger partial charge in [-0.25, -0.2) is 0 Å². The van der Waals surface area contributed by atoms with Crippen LogP contribution in [0.1, 0.15) is 77.6 Å². The molecular weight excluding hydrogens is 702 g/mol. The number of unbranched alkanes of at least 4 members (excludes halogenated alkanes) is 4. The van der Waals surface area contributed by atoms with E-state index in [9.17, 15) is 54.3 Å². The zero-order valence-corrected chi connectivity index (χ0v) is 31.9. The molecule has 306 valence electrons. The van der Waals surface area contributed by atoms with Crippen molar-refractivity contribution in [1.29, 1.82) is 0 Å². The summed E-state index contributed by atoms with van der Waals surface area (Å²) in [5.41, 5.74) is 0. The molecule has 0 aromatic carbocycles. The number of nitrogens with zero attached hydrogens (tertiary/aromatic N) is 4. The number of allylic oxidation sites excluding steroid dienone is 3. The van der Waals surface area contributed by atoms with E-state index in [0.29, 0.717) is 25.7 Å². The number of nitrogens with one attached hydrogen (secondary N) is 1. The molecule has 4 atom stereocenters. The SMILES string of the molecule is CCCCCC=C[C@@H]1[C@H](O)CC(=O)[C@@H]1CC=CCCCC(=O)NCCCC(C(=O)O)N1CCN(CC(=O)O)CCN(CC(=O)O)CCN(CC(=O)O)CC1. The summed E-state index contributed by atoms with van der Waals surface area (Å²) >= 11 is 0. The van der Waals surface area contributed by atoms with Crippen LogP contribution >= 0.6 is 0 Å². The molecule has 1 heterocycles. The number of Topliss-reactive ketones (excluding diaryl/α,β-unsaturated/α-hetero) is 1. The van der Waals surface area contributed by atoms with Crippen LogP contribution in [-0.4, -0.2) is 171 Å². The number of carboxylic acids is 4. The third-order valence-corrected chi connectivity index (χ3v) is 10.0. The molecule has 1 aliphatic heterocycles. The van der Waals surface area contributed by atoms with Crippen LogP contribution in [0.4, 0.5) is 0 Å². The highest BCUT2D eigenvalue weighted by Crippen LogP contribution is 2.33. The number of ketones is 1. The normalized spacial score (nSPS) is 22.3. The Bertz CT molecular complexity index is 1230. The fraction of sp³-hybridized carbons (Fsp3) is 0.737. The molecule has 16 heteroatoms. The first-order valence-electron chi connectivity index (χ1n) is 19.4. The van der Waals surface area contributed by atoms with Crippen LogP contribution in [-0.2, 0) is 28.8 Å². The van der Waals surface area contributed by atoms with Gasteiger partial charge in [-0.2, -0.15) is 0 Å². The first-order valence-corrected chi connectivity index (χ1v) is 19.4. The quantitative estimate of drug-likeness (QED) is 0.0642. The van der Waals surface area contributed by atoms with E-state index in [4.69, 9.17) is 0 Å². The van der Waals surface area contributed by atoms with Gasteiger partial charge in [0.05, 0.1) is 25.7 Å². The summed E-state index contributed by atoms with van der Waals surface area (Å²) in [6, 6.07) is -0.958. The minimum absolute atomic E-state index is 0.0781. The van der Waals surface area contributed by atoms with Crippen molar-refractivity contribution in [2.24, 2.45) is 11.8 Å². The highest BCUT2D eigenvalue weighted by Gasteiger charge is 2.39. The maximum atomic E-state index is 12.5. The van der Waals surface area contributed by atoms with Gasteiger partial charge in [-0.15, -0.1) is 0 Å². The number of hydrogen-bond acceptors (Lipinski definition) is 11. The van der Waals surface area contributed by atoms with E-state index in [0.717, 1.165) is 25.7 Å².